The normalized spacial score (nSPS) is 24.7. The summed E-state index contributed by atoms with van der Waals surface area (Å²) in [6.07, 6.45) is 4.82. The first-order valence-corrected chi connectivity index (χ1v) is 11.4. The van der Waals surface area contributed by atoms with Crippen molar-refractivity contribution in [2.75, 3.05) is 33.4 Å². The highest BCUT2D eigenvalue weighted by Gasteiger charge is 2.48. The largest absolute Gasteiger partial charge is 0.474 e. The minimum Gasteiger partial charge on any atom is -0.474 e. The van der Waals surface area contributed by atoms with Gasteiger partial charge in [-0.25, -0.2) is 13.8 Å². The molecule has 2 unspecified atom stereocenters. The number of rotatable bonds is 8. The fraction of sp³-hybridized carbons (Fsp3) is 0.560. The van der Waals surface area contributed by atoms with E-state index in [2.05, 4.69) is 9.88 Å². The first-order chi connectivity index (χ1) is 15.4. The van der Waals surface area contributed by atoms with Crippen LogP contribution >= 0.6 is 0 Å². The van der Waals surface area contributed by atoms with E-state index in [0.717, 1.165) is 30.8 Å². The lowest BCUT2D eigenvalue weighted by atomic mass is 9.75. The van der Waals surface area contributed by atoms with Gasteiger partial charge in [-0.2, -0.15) is 0 Å². The molecular formula is C25H32F2N2O3. The van der Waals surface area contributed by atoms with Crippen LogP contribution in [0.4, 0.5) is 8.78 Å². The van der Waals surface area contributed by atoms with Crippen molar-refractivity contribution in [3.05, 3.63) is 58.8 Å². The maximum atomic E-state index is 14.7. The molecule has 1 saturated carbocycles. The van der Waals surface area contributed by atoms with Gasteiger partial charge in [0, 0.05) is 25.3 Å². The number of nitrogens with zero attached hydrogens (tertiary/aromatic N) is 2. The average Bonchev–Trinajstić information content (AvgIpc) is 3.47. The Morgan fingerprint density at radius 2 is 2.03 bits per heavy atom. The molecule has 4 rings (SSSR count). The summed E-state index contributed by atoms with van der Waals surface area (Å²) in [5.74, 6) is -0.786. The molecule has 32 heavy (non-hydrogen) atoms. The minimum absolute atomic E-state index is 0.0232. The van der Waals surface area contributed by atoms with Crippen LogP contribution in [0.1, 0.15) is 54.7 Å². The van der Waals surface area contributed by atoms with Crippen LogP contribution in [0.15, 0.2) is 30.5 Å². The summed E-state index contributed by atoms with van der Waals surface area (Å²) in [6.45, 7) is 5.04. The molecule has 1 aliphatic carbocycles. The number of hydrogen-bond donors (Lipinski definition) is 1. The zero-order valence-corrected chi connectivity index (χ0v) is 18.8. The maximum absolute atomic E-state index is 14.7. The molecule has 0 radical (unpaired) electrons. The minimum atomic E-state index is -1.08. The number of halogens is 2. The lowest BCUT2D eigenvalue weighted by Gasteiger charge is -2.35. The molecule has 0 spiro atoms. The summed E-state index contributed by atoms with van der Waals surface area (Å²) in [5, 5.41) is 10.8. The third kappa shape index (κ3) is 4.51. The summed E-state index contributed by atoms with van der Waals surface area (Å²) in [6, 6.07) is 6.40. The van der Waals surface area contributed by atoms with Crippen LogP contribution in [-0.4, -0.2) is 54.6 Å². The molecule has 2 aliphatic rings. The number of pyridine rings is 1. The van der Waals surface area contributed by atoms with Crippen molar-refractivity contribution in [1.29, 1.82) is 0 Å². The van der Waals surface area contributed by atoms with E-state index in [-0.39, 0.29) is 17.6 Å². The van der Waals surface area contributed by atoms with Gasteiger partial charge in [-0.3, -0.25) is 4.90 Å². The van der Waals surface area contributed by atoms with Crippen LogP contribution in [0, 0.1) is 18.6 Å². The molecule has 1 aromatic carbocycles. The predicted molar refractivity (Wildman–Crippen MR) is 118 cm³/mol. The Kier molecular flexibility index (Phi) is 7.08. The molecule has 7 heteroatoms. The molecule has 174 valence electrons. The second-order valence-corrected chi connectivity index (χ2v) is 9.05. The Balaban J connectivity index is 1.49. The maximum Gasteiger partial charge on any atom is 0.250 e. The van der Waals surface area contributed by atoms with Gasteiger partial charge in [0.25, 0.3) is 0 Å². The summed E-state index contributed by atoms with van der Waals surface area (Å²) in [7, 11) is 1.45. The summed E-state index contributed by atoms with van der Waals surface area (Å²) in [5.41, 5.74) is 1.25. The van der Waals surface area contributed by atoms with E-state index in [9.17, 15) is 13.9 Å². The Bertz CT molecular complexity index is 935. The second-order valence-electron chi connectivity index (χ2n) is 9.05. The van der Waals surface area contributed by atoms with E-state index in [4.69, 9.17) is 9.47 Å². The molecule has 3 atom stereocenters. The number of methoxy groups -OCH3 is 1. The van der Waals surface area contributed by atoms with Crippen molar-refractivity contribution >= 4 is 0 Å². The highest BCUT2D eigenvalue weighted by atomic mass is 19.1. The van der Waals surface area contributed by atoms with Crippen molar-refractivity contribution in [3.8, 4) is 5.88 Å². The van der Waals surface area contributed by atoms with Crippen LogP contribution < -0.4 is 4.74 Å². The van der Waals surface area contributed by atoms with Gasteiger partial charge in [-0.1, -0.05) is 12.1 Å². The molecule has 1 aromatic heterocycles. The van der Waals surface area contributed by atoms with Crippen LogP contribution in [0.2, 0.25) is 0 Å². The number of aromatic nitrogens is 1. The van der Waals surface area contributed by atoms with Crippen LogP contribution in [0.5, 0.6) is 5.88 Å². The Labute approximate surface area is 188 Å². The van der Waals surface area contributed by atoms with Gasteiger partial charge in [0.1, 0.15) is 12.4 Å². The third-order valence-electron chi connectivity index (χ3n) is 7.19. The lowest BCUT2D eigenvalue weighted by Crippen LogP contribution is -2.39. The average molecular weight is 447 g/mol. The Morgan fingerprint density at radius 3 is 2.75 bits per heavy atom. The van der Waals surface area contributed by atoms with Gasteiger partial charge in [0.15, 0.2) is 12.1 Å². The van der Waals surface area contributed by atoms with Crippen molar-refractivity contribution in [2.45, 2.75) is 56.7 Å². The van der Waals surface area contributed by atoms with Crippen LogP contribution in [0.25, 0.3) is 0 Å². The van der Waals surface area contributed by atoms with E-state index >= 15 is 0 Å². The van der Waals surface area contributed by atoms with Crippen molar-refractivity contribution in [2.24, 2.45) is 0 Å². The molecule has 5 nitrogen and oxygen atoms in total. The van der Waals surface area contributed by atoms with E-state index in [0.29, 0.717) is 31.4 Å². The number of benzene rings is 1. The van der Waals surface area contributed by atoms with Crippen LogP contribution in [-0.2, 0) is 10.2 Å². The molecule has 1 aliphatic heterocycles. The number of hydrogen-bond acceptors (Lipinski definition) is 5. The number of likely N-dealkylation sites (tertiary alicyclic amines) is 1. The molecule has 1 N–H and O–H groups in total. The standard InChI is InChI=1S/C25H32F2N2O3/c1-17-20(6-5-7-21(17)26)25(24(30)31-2)9-8-18(15-25)19-14-22(27)23(28-16-19)32-13-12-29-10-3-4-11-29/h5-7,14,16,18,24,30H,3-4,8-13,15H2,1-2H3/t18?,24?,25-/m0/s1. The smallest absolute Gasteiger partial charge is 0.250 e. The van der Waals surface area contributed by atoms with Crippen LogP contribution in [0.3, 0.4) is 0 Å². The molecular weight excluding hydrogens is 414 g/mol. The van der Waals surface area contributed by atoms with E-state index in [1.165, 1.54) is 32.1 Å². The highest BCUT2D eigenvalue weighted by Crippen LogP contribution is 2.51. The van der Waals surface area contributed by atoms with Gasteiger partial charge < -0.3 is 14.6 Å². The third-order valence-corrected chi connectivity index (χ3v) is 7.19. The molecule has 2 fully saturated rings. The SMILES string of the molecule is COC(O)[C@@]1(c2cccc(F)c2C)CCC(c2cnc(OCCN3CCCC3)c(F)c2)C1. The Morgan fingerprint density at radius 1 is 1.25 bits per heavy atom. The summed E-state index contributed by atoms with van der Waals surface area (Å²) >= 11 is 0. The van der Waals surface area contributed by atoms with Gasteiger partial charge in [0.05, 0.1) is 0 Å². The van der Waals surface area contributed by atoms with Gasteiger partial charge in [-0.15, -0.1) is 0 Å². The van der Waals surface area contributed by atoms with E-state index < -0.39 is 17.5 Å². The monoisotopic (exact) mass is 446 g/mol. The van der Waals surface area contributed by atoms with Gasteiger partial charge in [-0.05, 0) is 86.9 Å². The number of aliphatic hydroxyl groups excluding tert-OH is 1. The summed E-state index contributed by atoms with van der Waals surface area (Å²) in [4.78, 5) is 6.54. The molecule has 2 heterocycles. The predicted octanol–water partition coefficient (Wildman–Crippen LogP) is 4.31. The lowest BCUT2D eigenvalue weighted by molar-refractivity contribution is -0.126. The summed E-state index contributed by atoms with van der Waals surface area (Å²) < 4.78 is 39.9. The second kappa shape index (κ2) is 9.81. The van der Waals surface area contributed by atoms with Crippen molar-refractivity contribution in [1.82, 2.24) is 9.88 Å². The highest BCUT2D eigenvalue weighted by molar-refractivity contribution is 5.38. The van der Waals surface area contributed by atoms with Gasteiger partial charge in [0.2, 0.25) is 5.88 Å². The zero-order valence-electron chi connectivity index (χ0n) is 18.8. The van der Waals surface area contributed by atoms with E-state index in [1.807, 2.05) is 6.07 Å². The zero-order chi connectivity index (χ0) is 22.7. The first-order valence-electron chi connectivity index (χ1n) is 11.4. The molecule has 0 bridgehead atoms. The van der Waals surface area contributed by atoms with Crippen molar-refractivity contribution in [3.63, 3.8) is 0 Å². The quantitative estimate of drug-likeness (QED) is 0.613. The number of aliphatic hydroxyl groups is 1. The van der Waals surface area contributed by atoms with Crippen molar-refractivity contribution < 1.29 is 23.4 Å². The fourth-order valence-corrected chi connectivity index (χ4v) is 5.38. The molecule has 0 amide bonds. The fourth-order valence-electron chi connectivity index (χ4n) is 5.38. The Hall–Kier alpha value is -2.09. The first kappa shape index (κ1) is 23.1. The van der Waals surface area contributed by atoms with Gasteiger partial charge >= 0.3 is 0 Å². The topological polar surface area (TPSA) is 54.8 Å². The molecule has 1 saturated heterocycles. The molecule has 2 aromatic rings. The van der Waals surface area contributed by atoms with E-state index in [1.54, 1.807) is 19.2 Å². The number of ether oxygens (including phenoxy) is 2.